The van der Waals surface area contributed by atoms with Gasteiger partial charge in [-0.3, -0.25) is 14.5 Å². The Balaban J connectivity index is 1.29. The molecule has 0 unspecified atom stereocenters. The quantitative estimate of drug-likeness (QED) is 0.282. The number of para-hydroxylation sites is 1. The molecule has 41 heavy (non-hydrogen) atoms. The molecule has 4 amide bonds. The number of nitrogens with zero attached hydrogens (tertiary/aromatic N) is 3. The van der Waals surface area contributed by atoms with E-state index >= 15 is 0 Å². The van der Waals surface area contributed by atoms with Crippen LogP contribution in [0.4, 0.5) is 21.9 Å². The third-order valence-corrected chi connectivity index (χ3v) is 8.19. The molecule has 2 aromatic heterocycles. The number of rotatable bonds is 6. The fourth-order valence-corrected chi connectivity index (χ4v) is 6.31. The molecule has 0 aliphatic carbocycles. The van der Waals surface area contributed by atoms with Gasteiger partial charge in [0.2, 0.25) is 5.91 Å². The van der Waals surface area contributed by atoms with Gasteiger partial charge in [0.1, 0.15) is 21.2 Å². The van der Waals surface area contributed by atoms with Gasteiger partial charge >= 0.3 is 6.03 Å². The van der Waals surface area contributed by atoms with E-state index in [1.807, 2.05) is 55.5 Å². The number of carbonyl (C=O) groups excluding carboxylic acids is 3. The molecule has 2 aliphatic heterocycles. The lowest BCUT2D eigenvalue weighted by atomic mass is 10.0. The largest absolute Gasteiger partial charge is 0.457 e. The van der Waals surface area contributed by atoms with Gasteiger partial charge in [-0.2, -0.15) is 0 Å². The second-order valence-corrected chi connectivity index (χ2v) is 11.0. The maximum atomic E-state index is 13.5. The predicted octanol–water partition coefficient (Wildman–Crippen LogP) is 4.96. The summed E-state index contributed by atoms with van der Waals surface area (Å²) in [6.07, 6.45) is 2.34. The molecule has 2 atom stereocenters. The van der Waals surface area contributed by atoms with Gasteiger partial charge in [0, 0.05) is 25.3 Å². The number of aliphatic hydroxyl groups is 1. The number of thiophene rings is 1. The Bertz CT molecular complexity index is 1690. The normalized spacial score (nSPS) is 18.1. The van der Waals surface area contributed by atoms with E-state index in [2.05, 4.69) is 22.2 Å². The van der Waals surface area contributed by atoms with Crippen LogP contribution in [0.5, 0.6) is 11.5 Å². The Morgan fingerprint density at radius 1 is 1.15 bits per heavy atom. The van der Waals surface area contributed by atoms with Crippen LogP contribution in [-0.2, 0) is 4.79 Å². The van der Waals surface area contributed by atoms with Crippen molar-refractivity contribution in [1.29, 1.82) is 0 Å². The summed E-state index contributed by atoms with van der Waals surface area (Å²) in [7, 11) is 0. The highest BCUT2D eigenvalue weighted by Crippen LogP contribution is 2.46. The second kappa shape index (κ2) is 10.7. The van der Waals surface area contributed by atoms with Gasteiger partial charge in [-0.15, -0.1) is 11.3 Å². The summed E-state index contributed by atoms with van der Waals surface area (Å²) < 4.78 is 5.95. The van der Waals surface area contributed by atoms with E-state index < -0.39 is 24.1 Å². The van der Waals surface area contributed by atoms with Crippen molar-refractivity contribution in [3.05, 3.63) is 83.9 Å². The highest BCUT2D eigenvalue weighted by Gasteiger charge is 2.35. The van der Waals surface area contributed by atoms with Gasteiger partial charge in [-0.1, -0.05) is 24.8 Å². The standard InChI is InChI=1S/C30H27N5O5S/c1-3-24(37)34-15-18(14-19(36)16-34)32-28(38)27-26-25-23(11-12-31-29(25)41-27)35(30(39)33-26)22-10-9-21(13-17(22)2)40-20-7-5-4-6-8-20/h3-13,18-19,36H,1,14-16H2,2H3,(H,32,38)(H,33,39)/t18-,19+/m1/s1. The molecule has 0 spiro atoms. The van der Waals surface area contributed by atoms with E-state index in [0.29, 0.717) is 50.1 Å². The fraction of sp³-hybridized carbons (Fsp3) is 0.200. The first kappa shape index (κ1) is 26.5. The van der Waals surface area contributed by atoms with Crippen molar-refractivity contribution in [2.24, 2.45) is 0 Å². The molecular weight excluding hydrogens is 542 g/mol. The number of hydrogen-bond donors (Lipinski definition) is 3. The summed E-state index contributed by atoms with van der Waals surface area (Å²) in [5.41, 5.74) is 2.50. The highest BCUT2D eigenvalue weighted by molar-refractivity contribution is 7.21. The van der Waals surface area contributed by atoms with Gasteiger partial charge in [0.15, 0.2) is 0 Å². The van der Waals surface area contributed by atoms with Crippen LogP contribution in [0.3, 0.4) is 0 Å². The van der Waals surface area contributed by atoms with Crippen LogP contribution in [0.2, 0.25) is 0 Å². The molecule has 10 nitrogen and oxygen atoms in total. The number of β-amino-alcohol motifs (C(OH)–C–C–N with tert-alkyl or cyclic N) is 1. The van der Waals surface area contributed by atoms with Crippen LogP contribution >= 0.6 is 11.3 Å². The molecule has 0 bridgehead atoms. The minimum Gasteiger partial charge on any atom is -0.457 e. The van der Waals surface area contributed by atoms with Crippen LogP contribution in [0.1, 0.15) is 21.7 Å². The number of aryl methyl sites for hydroxylation is 1. The van der Waals surface area contributed by atoms with Crippen molar-refractivity contribution < 1.29 is 24.2 Å². The van der Waals surface area contributed by atoms with Crippen LogP contribution in [0.25, 0.3) is 10.2 Å². The van der Waals surface area contributed by atoms with Gasteiger partial charge in [-0.05, 0) is 61.4 Å². The Labute approximate surface area is 239 Å². The first-order valence-corrected chi connectivity index (χ1v) is 13.9. The highest BCUT2D eigenvalue weighted by atomic mass is 32.1. The number of amides is 4. The lowest BCUT2D eigenvalue weighted by Gasteiger charge is -2.35. The van der Waals surface area contributed by atoms with Gasteiger partial charge < -0.3 is 25.4 Å². The molecule has 0 radical (unpaired) electrons. The number of urea groups is 1. The average molecular weight is 570 g/mol. The smallest absolute Gasteiger partial charge is 0.331 e. The Morgan fingerprint density at radius 2 is 1.95 bits per heavy atom. The zero-order valence-corrected chi connectivity index (χ0v) is 23.0. The molecule has 1 saturated heterocycles. The number of hydrogen-bond acceptors (Lipinski definition) is 7. The molecule has 2 aromatic carbocycles. The number of benzene rings is 2. The number of ether oxygens (including phenoxy) is 1. The number of carbonyl (C=O) groups is 3. The Hall–Kier alpha value is -4.74. The number of likely N-dealkylation sites (tertiary alicyclic amines) is 1. The molecule has 1 fully saturated rings. The van der Waals surface area contributed by atoms with Crippen molar-refractivity contribution in [3.63, 3.8) is 0 Å². The molecule has 0 saturated carbocycles. The molecule has 3 N–H and O–H groups in total. The maximum Gasteiger partial charge on any atom is 0.331 e. The molecule has 208 valence electrons. The van der Waals surface area contributed by atoms with E-state index in [9.17, 15) is 19.5 Å². The van der Waals surface area contributed by atoms with Crippen molar-refractivity contribution in [3.8, 4) is 11.5 Å². The Kier molecular flexibility index (Phi) is 6.90. The first-order chi connectivity index (χ1) is 19.8. The summed E-state index contributed by atoms with van der Waals surface area (Å²) in [6, 6.07) is 15.8. The summed E-state index contributed by atoms with van der Waals surface area (Å²) in [5, 5.41) is 16.8. The predicted molar refractivity (Wildman–Crippen MR) is 157 cm³/mol. The number of aliphatic hydroxyl groups excluding tert-OH is 1. The summed E-state index contributed by atoms with van der Waals surface area (Å²) >= 11 is 1.18. The third-order valence-electron chi connectivity index (χ3n) is 7.09. The van der Waals surface area contributed by atoms with Crippen molar-refractivity contribution in [1.82, 2.24) is 15.2 Å². The minimum absolute atomic E-state index is 0.184. The summed E-state index contributed by atoms with van der Waals surface area (Å²) in [6.45, 7) is 5.84. The number of aromatic nitrogens is 1. The zero-order valence-electron chi connectivity index (χ0n) is 22.2. The average Bonchev–Trinajstić information content (AvgIpc) is 3.33. The lowest BCUT2D eigenvalue weighted by molar-refractivity contribution is -0.129. The monoisotopic (exact) mass is 569 g/mol. The fourth-order valence-electron chi connectivity index (χ4n) is 5.29. The topological polar surface area (TPSA) is 124 Å². The van der Waals surface area contributed by atoms with Gasteiger partial charge in [-0.25, -0.2) is 9.78 Å². The van der Waals surface area contributed by atoms with Gasteiger partial charge in [0.05, 0.1) is 28.6 Å². The van der Waals surface area contributed by atoms with Crippen molar-refractivity contribution >= 4 is 56.5 Å². The minimum atomic E-state index is -0.770. The van der Waals surface area contributed by atoms with E-state index in [-0.39, 0.29) is 19.0 Å². The van der Waals surface area contributed by atoms with Crippen molar-refractivity contribution in [2.75, 3.05) is 23.3 Å². The molecule has 11 heteroatoms. The van der Waals surface area contributed by atoms with E-state index in [0.717, 1.165) is 5.56 Å². The molecule has 6 rings (SSSR count). The SMILES string of the molecule is C=CC(=O)N1C[C@@H](O)C[C@@H](NC(=O)c2sc3nccc4c3c2NC(=O)N4c2ccc(Oc3ccccc3)cc2C)C1. The summed E-state index contributed by atoms with van der Waals surface area (Å²) in [4.78, 5) is 47.5. The van der Waals surface area contributed by atoms with Crippen LogP contribution < -0.4 is 20.3 Å². The second-order valence-electron chi connectivity index (χ2n) is 9.95. The third kappa shape index (κ3) is 5.01. The number of nitrogens with one attached hydrogen (secondary N) is 2. The van der Waals surface area contributed by atoms with Crippen LogP contribution in [-0.4, -0.2) is 58.1 Å². The van der Waals surface area contributed by atoms with Crippen molar-refractivity contribution in [2.45, 2.75) is 25.5 Å². The van der Waals surface area contributed by atoms with Crippen LogP contribution in [0, 0.1) is 6.92 Å². The molecule has 4 aromatic rings. The number of piperidine rings is 1. The molecule has 4 heterocycles. The van der Waals surface area contributed by atoms with E-state index in [1.165, 1.54) is 22.3 Å². The van der Waals surface area contributed by atoms with Crippen LogP contribution in [0.15, 0.2) is 73.4 Å². The summed E-state index contributed by atoms with van der Waals surface area (Å²) in [5.74, 6) is 0.635. The molecule has 2 aliphatic rings. The first-order valence-electron chi connectivity index (χ1n) is 13.1. The number of pyridine rings is 1. The lowest BCUT2D eigenvalue weighted by Crippen LogP contribution is -2.54. The number of anilines is 3. The maximum absolute atomic E-state index is 13.5. The zero-order chi connectivity index (χ0) is 28.7. The Morgan fingerprint density at radius 3 is 2.71 bits per heavy atom. The van der Waals surface area contributed by atoms with Gasteiger partial charge in [0.25, 0.3) is 5.91 Å². The molecular formula is C30H27N5O5S. The van der Waals surface area contributed by atoms with E-state index in [4.69, 9.17) is 4.74 Å². The van der Waals surface area contributed by atoms with E-state index in [1.54, 1.807) is 17.2 Å².